The normalized spacial score (nSPS) is 10.2. The predicted molar refractivity (Wildman–Crippen MR) is 75.2 cm³/mol. The lowest BCUT2D eigenvalue weighted by molar-refractivity contribution is 0.160. The van der Waals surface area contributed by atoms with Gasteiger partial charge in [0.15, 0.2) is 0 Å². The first-order chi connectivity index (χ1) is 9.29. The number of ether oxygens (including phenoxy) is 1. The number of rotatable bonds is 5. The van der Waals surface area contributed by atoms with Gasteiger partial charge in [-0.1, -0.05) is 13.3 Å². The lowest BCUT2D eigenvalue weighted by atomic mass is 10.3. The summed E-state index contributed by atoms with van der Waals surface area (Å²) in [5, 5.41) is 4.56. The topological polar surface area (TPSA) is 64.1 Å². The molecule has 1 N–H and O–H groups in total. The van der Waals surface area contributed by atoms with Gasteiger partial charge in [0.1, 0.15) is 6.33 Å². The third kappa shape index (κ3) is 4.03. The van der Waals surface area contributed by atoms with Crippen molar-refractivity contribution >= 4 is 23.1 Å². The molecule has 2 rings (SSSR count). The van der Waals surface area contributed by atoms with Crippen LogP contribution in [0.2, 0.25) is 0 Å². The van der Waals surface area contributed by atoms with Crippen LogP contribution in [0.15, 0.2) is 30.0 Å². The highest BCUT2D eigenvalue weighted by Gasteiger charge is 2.07. The van der Waals surface area contributed by atoms with Crippen LogP contribution in [-0.4, -0.2) is 22.7 Å². The third-order valence-electron chi connectivity index (χ3n) is 2.41. The Hall–Kier alpha value is -1.95. The van der Waals surface area contributed by atoms with E-state index in [1.54, 1.807) is 6.20 Å². The number of anilines is 1. The molecule has 6 heteroatoms. The molecule has 2 heterocycles. The average molecular weight is 277 g/mol. The second kappa shape index (κ2) is 6.84. The van der Waals surface area contributed by atoms with E-state index in [1.165, 1.54) is 17.7 Å². The number of nitrogens with one attached hydrogen (secondary N) is 1. The monoisotopic (exact) mass is 277 g/mol. The van der Waals surface area contributed by atoms with Crippen molar-refractivity contribution in [3.8, 4) is 10.6 Å². The summed E-state index contributed by atoms with van der Waals surface area (Å²) in [5.74, 6) is 0. The van der Waals surface area contributed by atoms with Crippen molar-refractivity contribution in [2.75, 3.05) is 11.9 Å². The third-order valence-corrected chi connectivity index (χ3v) is 3.36. The second-order valence-electron chi connectivity index (χ2n) is 3.91. The molecule has 19 heavy (non-hydrogen) atoms. The molecular weight excluding hydrogens is 262 g/mol. The molecular formula is C13H15N3O2S. The van der Waals surface area contributed by atoms with E-state index in [0.29, 0.717) is 6.61 Å². The van der Waals surface area contributed by atoms with Gasteiger partial charge in [-0.15, -0.1) is 11.3 Å². The highest BCUT2D eigenvalue weighted by Crippen LogP contribution is 2.27. The zero-order valence-corrected chi connectivity index (χ0v) is 11.4. The molecule has 0 aliphatic heterocycles. The first kappa shape index (κ1) is 13.5. The van der Waals surface area contributed by atoms with Crippen molar-refractivity contribution in [3.05, 3.63) is 30.0 Å². The second-order valence-corrected chi connectivity index (χ2v) is 4.82. The van der Waals surface area contributed by atoms with Gasteiger partial charge in [-0.2, -0.15) is 0 Å². The molecule has 2 aromatic rings. The van der Waals surface area contributed by atoms with Crippen LogP contribution in [0.5, 0.6) is 0 Å². The van der Waals surface area contributed by atoms with Crippen LogP contribution in [-0.2, 0) is 4.74 Å². The average Bonchev–Trinajstić information content (AvgIpc) is 2.88. The molecule has 0 bridgehead atoms. The van der Waals surface area contributed by atoms with E-state index < -0.39 is 6.09 Å². The Morgan fingerprint density at radius 2 is 2.42 bits per heavy atom. The van der Waals surface area contributed by atoms with E-state index in [2.05, 4.69) is 15.3 Å². The molecule has 2 aromatic heterocycles. The van der Waals surface area contributed by atoms with Gasteiger partial charge in [0.25, 0.3) is 0 Å². The Labute approximate surface area is 115 Å². The number of nitrogens with zero attached hydrogens (tertiary/aromatic N) is 2. The van der Waals surface area contributed by atoms with Crippen LogP contribution < -0.4 is 5.32 Å². The summed E-state index contributed by atoms with van der Waals surface area (Å²) in [5.41, 5.74) is 1.56. The summed E-state index contributed by atoms with van der Waals surface area (Å²) in [6.07, 6.45) is 4.66. The van der Waals surface area contributed by atoms with Crippen molar-refractivity contribution in [2.24, 2.45) is 0 Å². The van der Waals surface area contributed by atoms with Gasteiger partial charge in [0, 0.05) is 11.6 Å². The maximum absolute atomic E-state index is 11.5. The summed E-state index contributed by atoms with van der Waals surface area (Å²) in [6.45, 7) is 2.50. The van der Waals surface area contributed by atoms with E-state index >= 15 is 0 Å². The summed E-state index contributed by atoms with van der Waals surface area (Å²) < 4.78 is 5.03. The van der Waals surface area contributed by atoms with Crippen LogP contribution in [0.3, 0.4) is 0 Å². The molecule has 0 saturated carbocycles. The van der Waals surface area contributed by atoms with Crippen molar-refractivity contribution < 1.29 is 9.53 Å². The number of hydrogen-bond acceptors (Lipinski definition) is 5. The van der Waals surface area contributed by atoms with Crippen LogP contribution in [0.25, 0.3) is 10.6 Å². The molecule has 1 amide bonds. The fourth-order valence-electron chi connectivity index (χ4n) is 1.44. The first-order valence-corrected chi connectivity index (χ1v) is 6.96. The quantitative estimate of drug-likeness (QED) is 0.849. The molecule has 100 valence electrons. The van der Waals surface area contributed by atoms with Gasteiger partial charge < -0.3 is 4.74 Å². The molecule has 0 atom stereocenters. The molecule has 0 saturated heterocycles. The first-order valence-electron chi connectivity index (χ1n) is 6.08. The number of carbonyl (C=O) groups excluding carboxylic acids is 1. The van der Waals surface area contributed by atoms with Crippen LogP contribution in [0.4, 0.5) is 10.5 Å². The van der Waals surface area contributed by atoms with E-state index in [1.807, 2.05) is 24.4 Å². The predicted octanol–water partition coefficient (Wildman–Crippen LogP) is 3.55. The van der Waals surface area contributed by atoms with Crippen molar-refractivity contribution in [3.63, 3.8) is 0 Å². The fourth-order valence-corrected chi connectivity index (χ4v) is 2.25. The summed E-state index contributed by atoms with van der Waals surface area (Å²) >= 11 is 1.51. The molecule has 0 aromatic carbocycles. The van der Waals surface area contributed by atoms with Gasteiger partial charge in [-0.3, -0.25) is 5.32 Å². The minimum atomic E-state index is -0.416. The van der Waals surface area contributed by atoms with Crippen molar-refractivity contribution in [1.29, 1.82) is 0 Å². The van der Waals surface area contributed by atoms with Gasteiger partial charge in [-0.05, 0) is 18.6 Å². The lowest BCUT2D eigenvalue weighted by Gasteiger charge is -2.04. The highest BCUT2D eigenvalue weighted by atomic mass is 32.1. The molecule has 0 unspecified atom stereocenters. The van der Waals surface area contributed by atoms with Crippen LogP contribution in [0, 0.1) is 0 Å². The number of unbranched alkanes of at least 4 members (excludes halogenated alkanes) is 1. The Bertz CT molecular complexity index is 528. The Morgan fingerprint density at radius 3 is 3.16 bits per heavy atom. The zero-order chi connectivity index (χ0) is 13.5. The highest BCUT2D eigenvalue weighted by molar-refractivity contribution is 7.14. The number of amides is 1. The molecule has 5 nitrogen and oxygen atoms in total. The maximum atomic E-state index is 11.5. The Morgan fingerprint density at radius 1 is 1.53 bits per heavy atom. The van der Waals surface area contributed by atoms with Gasteiger partial charge in [0.05, 0.1) is 22.9 Å². The number of carbonyl (C=O) groups is 1. The number of aromatic nitrogens is 2. The van der Waals surface area contributed by atoms with Gasteiger partial charge in [0.2, 0.25) is 0 Å². The molecule has 0 aliphatic rings. The van der Waals surface area contributed by atoms with Crippen molar-refractivity contribution in [2.45, 2.75) is 19.8 Å². The molecule has 0 aliphatic carbocycles. The smallest absolute Gasteiger partial charge is 0.411 e. The maximum Gasteiger partial charge on any atom is 0.411 e. The van der Waals surface area contributed by atoms with E-state index in [-0.39, 0.29) is 0 Å². The molecule has 0 spiro atoms. The summed E-state index contributed by atoms with van der Waals surface area (Å²) in [4.78, 5) is 20.5. The Balaban J connectivity index is 1.93. The number of thiophene rings is 1. The Kier molecular flexibility index (Phi) is 4.85. The minimum Gasteiger partial charge on any atom is -0.449 e. The van der Waals surface area contributed by atoms with Gasteiger partial charge in [-0.25, -0.2) is 14.8 Å². The van der Waals surface area contributed by atoms with Gasteiger partial charge >= 0.3 is 6.09 Å². The summed E-state index contributed by atoms with van der Waals surface area (Å²) in [6, 6.07) is 3.70. The SMILES string of the molecule is CCCCOC(=O)Nc1csc(-c2ccncn2)c1. The summed E-state index contributed by atoms with van der Waals surface area (Å²) in [7, 11) is 0. The minimum absolute atomic E-state index is 0.416. The van der Waals surface area contributed by atoms with Crippen molar-refractivity contribution in [1.82, 2.24) is 9.97 Å². The van der Waals surface area contributed by atoms with Crippen LogP contribution in [0.1, 0.15) is 19.8 Å². The zero-order valence-electron chi connectivity index (χ0n) is 10.6. The molecule has 0 fully saturated rings. The number of hydrogen-bond donors (Lipinski definition) is 1. The fraction of sp³-hybridized carbons (Fsp3) is 0.308. The lowest BCUT2D eigenvalue weighted by Crippen LogP contribution is -2.13. The van der Waals surface area contributed by atoms with Crippen LogP contribution >= 0.6 is 11.3 Å². The largest absolute Gasteiger partial charge is 0.449 e. The van der Waals surface area contributed by atoms with E-state index in [9.17, 15) is 4.79 Å². The van der Waals surface area contributed by atoms with E-state index in [4.69, 9.17) is 4.74 Å². The van der Waals surface area contributed by atoms with E-state index in [0.717, 1.165) is 29.1 Å². The molecule has 0 radical (unpaired) electrons. The standard InChI is InChI=1S/C13H15N3O2S/c1-2-3-6-18-13(17)16-10-7-12(19-8-10)11-4-5-14-9-15-11/h4-5,7-9H,2-3,6H2,1H3,(H,16,17).